The Morgan fingerprint density at radius 3 is 3.05 bits per heavy atom. The molecule has 2 aromatic rings. The number of hydrogen-bond donors (Lipinski definition) is 1. The Bertz CT molecular complexity index is 568. The van der Waals surface area contributed by atoms with Gasteiger partial charge < -0.3 is 10.6 Å². The lowest BCUT2D eigenvalue weighted by atomic mass is 9.95. The molecule has 2 aromatic heterocycles. The summed E-state index contributed by atoms with van der Waals surface area (Å²) in [7, 11) is 0. The van der Waals surface area contributed by atoms with Crippen LogP contribution in [-0.4, -0.2) is 28.0 Å². The molecule has 100 valence electrons. The van der Waals surface area contributed by atoms with Crippen molar-refractivity contribution in [2.75, 3.05) is 23.7 Å². The number of rotatable bonds is 2. The molecule has 2 N–H and O–H groups in total. The number of thiazole rings is 1. The zero-order valence-electron chi connectivity index (χ0n) is 10.9. The van der Waals surface area contributed by atoms with E-state index in [1.165, 1.54) is 17.8 Å². The topological polar surface area (TPSA) is 67.9 Å². The highest BCUT2D eigenvalue weighted by Crippen LogP contribution is 2.30. The Morgan fingerprint density at radius 1 is 1.42 bits per heavy atom. The van der Waals surface area contributed by atoms with Gasteiger partial charge >= 0.3 is 0 Å². The van der Waals surface area contributed by atoms with E-state index in [0.29, 0.717) is 11.0 Å². The van der Waals surface area contributed by atoms with Gasteiger partial charge in [0.2, 0.25) is 0 Å². The standard InChI is InChI=1S/C13H17N5S/c1-9-5-12(16-8-15-9)18-4-2-3-10(6-18)11-7-19-13(14)17-11/h5,7-8,10H,2-4,6H2,1H3,(H2,14,17)/t10-/m1/s1. The summed E-state index contributed by atoms with van der Waals surface area (Å²) in [6.07, 6.45) is 3.96. The summed E-state index contributed by atoms with van der Waals surface area (Å²) < 4.78 is 0. The monoisotopic (exact) mass is 275 g/mol. The lowest BCUT2D eigenvalue weighted by molar-refractivity contribution is 0.500. The fraction of sp³-hybridized carbons (Fsp3) is 0.462. The molecule has 6 heteroatoms. The van der Waals surface area contributed by atoms with E-state index in [2.05, 4.69) is 25.2 Å². The summed E-state index contributed by atoms with van der Waals surface area (Å²) in [5.41, 5.74) is 7.85. The van der Waals surface area contributed by atoms with Crippen molar-refractivity contribution in [1.29, 1.82) is 0 Å². The first-order valence-corrected chi connectivity index (χ1v) is 7.35. The van der Waals surface area contributed by atoms with Crippen molar-refractivity contribution in [2.24, 2.45) is 0 Å². The van der Waals surface area contributed by atoms with Crippen LogP contribution in [0.4, 0.5) is 10.9 Å². The third-order valence-electron chi connectivity index (χ3n) is 3.49. The van der Waals surface area contributed by atoms with Gasteiger partial charge in [0.1, 0.15) is 12.1 Å². The van der Waals surface area contributed by atoms with Gasteiger partial charge in [-0.1, -0.05) is 0 Å². The summed E-state index contributed by atoms with van der Waals surface area (Å²) in [6, 6.07) is 2.04. The van der Waals surface area contributed by atoms with Gasteiger partial charge in [0.05, 0.1) is 5.69 Å². The van der Waals surface area contributed by atoms with E-state index in [9.17, 15) is 0 Å². The van der Waals surface area contributed by atoms with Crippen molar-refractivity contribution in [3.05, 3.63) is 29.2 Å². The van der Waals surface area contributed by atoms with E-state index < -0.39 is 0 Å². The Hall–Kier alpha value is -1.69. The van der Waals surface area contributed by atoms with Crippen LogP contribution in [-0.2, 0) is 0 Å². The molecule has 3 rings (SSSR count). The van der Waals surface area contributed by atoms with Crippen molar-refractivity contribution in [3.63, 3.8) is 0 Å². The minimum Gasteiger partial charge on any atom is -0.375 e. The minimum absolute atomic E-state index is 0.456. The normalized spacial score (nSPS) is 19.6. The molecule has 0 saturated carbocycles. The highest BCUT2D eigenvalue weighted by molar-refractivity contribution is 7.13. The van der Waals surface area contributed by atoms with Crippen LogP contribution in [0.25, 0.3) is 0 Å². The van der Waals surface area contributed by atoms with Crippen molar-refractivity contribution >= 4 is 22.3 Å². The summed E-state index contributed by atoms with van der Waals surface area (Å²) in [4.78, 5) is 15.3. The maximum Gasteiger partial charge on any atom is 0.180 e. The Labute approximate surface area is 116 Å². The van der Waals surface area contributed by atoms with E-state index in [0.717, 1.165) is 36.7 Å². The van der Waals surface area contributed by atoms with Crippen molar-refractivity contribution < 1.29 is 0 Å². The number of aromatic nitrogens is 3. The van der Waals surface area contributed by atoms with Crippen LogP contribution < -0.4 is 10.6 Å². The van der Waals surface area contributed by atoms with E-state index >= 15 is 0 Å². The van der Waals surface area contributed by atoms with Gasteiger partial charge in [-0.05, 0) is 19.8 Å². The van der Waals surface area contributed by atoms with Crippen molar-refractivity contribution in [3.8, 4) is 0 Å². The third-order valence-corrected chi connectivity index (χ3v) is 4.18. The van der Waals surface area contributed by atoms with E-state index in [1.54, 1.807) is 6.33 Å². The average molecular weight is 275 g/mol. The van der Waals surface area contributed by atoms with E-state index in [-0.39, 0.29) is 0 Å². The maximum absolute atomic E-state index is 5.72. The van der Waals surface area contributed by atoms with Crippen LogP contribution in [0.15, 0.2) is 17.8 Å². The summed E-state index contributed by atoms with van der Waals surface area (Å²) in [6.45, 7) is 4.00. The number of nitrogens with two attached hydrogens (primary N) is 1. The van der Waals surface area contributed by atoms with Gasteiger partial charge in [0, 0.05) is 36.1 Å². The number of aryl methyl sites for hydroxylation is 1. The summed E-state index contributed by atoms with van der Waals surface area (Å²) >= 11 is 1.52. The first-order valence-electron chi connectivity index (χ1n) is 6.47. The van der Waals surface area contributed by atoms with Crippen LogP contribution in [0, 0.1) is 6.92 Å². The molecule has 0 aromatic carbocycles. The van der Waals surface area contributed by atoms with Gasteiger partial charge in [-0.2, -0.15) is 0 Å². The number of nitrogen functional groups attached to an aromatic ring is 1. The van der Waals surface area contributed by atoms with Crippen molar-refractivity contribution in [2.45, 2.75) is 25.7 Å². The van der Waals surface area contributed by atoms with Crippen LogP contribution >= 0.6 is 11.3 Å². The molecule has 3 heterocycles. The highest BCUT2D eigenvalue weighted by atomic mass is 32.1. The molecule has 1 saturated heterocycles. The predicted molar refractivity (Wildman–Crippen MR) is 77.5 cm³/mol. The third kappa shape index (κ3) is 2.68. The van der Waals surface area contributed by atoms with Gasteiger partial charge in [-0.25, -0.2) is 15.0 Å². The first kappa shape index (κ1) is 12.3. The molecule has 1 aliphatic rings. The summed E-state index contributed by atoms with van der Waals surface area (Å²) in [5, 5.41) is 2.74. The summed E-state index contributed by atoms with van der Waals surface area (Å²) in [5.74, 6) is 1.47. The molecule has 5 nitrogen and oxygen atoms in total. The van der Waals surface area contributed by atoms with E-state index in [4.69, 9.17) is 5.73 Å². The lowest BCUT2D eigenvalue weighted by Crippen LogP contribution is -2.35. The number of piperidine rings is 1. The second kappa shape index (κ2) is 5.13. The van der Waals surface area contributed by atoms with E-state index in [1.807, 2.05) is 13.0 Å². The SMILES string of the molecule is Cc1cc(N2CCC[C@@H](c3csc(N)n3)C2)ncn1. The number of hydrogen-bond acceptors (Lipinski definition) is 6. The molecule has 0 spiro atoms. The molecule has 0 amide bonds. The molecule has 0 radical (unpaired) electrons. The Balaban J connectivity index is 1.78. The largest absolute Gasteiger partial charge is 0.375 e. The molecule has 1 aliphatic heterocycles. The second-order valence-corrected chi connectivity index (χ2v) is 5.80. The molecule has 0 aliphatic carbocycles. The van der Waals surface area contributed by atoms with Crippen LogP contribution in [0.3, 0.4) is 0 Å². The molecule has 1 fully saturated rings. The molecule has 1 atom stereocenters. The zero-order valence-corrected chi connectivity index (χ0v) is 11.7. The minimum atomic E-state index is 0.456. The quantitative estimate of drug-likeness (QED) is 0.910. The Kier molecular flexibility index (Phi) is 3.33. The fourth-order valence-electron chi connectivity index (χ4n) is 2.53. The Morgan fingerprint density at radius 2 is 2.32 bits per heavy atom. The lowest BCUT2D eigenvalue weighted by Gasteiger charge is -2.32. The van der Waals surface area contributed by atoms with Crippen molar-refractivity contribution in [1.82, 2.24) is 15.0 Å². The van der Waals surface area contributed by atoms with Gasteiger partial charge in [0.25, 0.3) is 0 Å². The number of nitrogens with zero attached hydrogens (tertiary/aromatic N) is 4. The molecule has 19 heavy (non-hydrogen) atoms. The highest BCUT2D eigenvalue weighted by Gasteiger charge is 2.24. The smallest absolute Gasteiger partial charge is 0.180 e. The van der Waals surface area contributed by atoms with Crippen LogP contribution in [0.2, 0.25) is 0 Å². The van der Waals surface area contributed by atoms with Gasteiger partial charge in [0.15, 0.2) is 5.13 Å². The van der Waals surface area contributed by atoms with Gasteiger partial charge in [-0.3, -0.25) is 0 Å². The van der Waals surface area contributed by atoms with Crippen LogP contribution in [0.5, 0.6) is 0 Å². The molecular weight excluding hydrogens is 258 g/mol. The number of anilines is 2. The fourth-order valence-corrected chi connectivity index (χ4v) is 3.17. The molecular formula is C13H17N5S. The first-order chi connectivity index (χ1) is 9.22. The zero-order chi connectivity index (χ0) is 13.2. The average Bonchev–Trinajstić information content (AvgIpc) is 2.86. The van der Waals surface area contributed by atoms with Crippen LogP contribution in [0.1, 0.15) is 30.1 Å². The molecule has 0 bridgehead atoms. The maximum atomic E-state index is 5.72. The molecule has 0 unspecified atom stereocenters. The van der Waals surface area contributed by atoms with Gasteiger partial charge in [-0.15, -0.1) is 11.3 Å². The second-order valence-electron chi connectivity index (χ2n) is 4.91. The predicted octanol–water partition coefficient (Wildman–Crippen LogP) is 2.21.